The van der Waals surface area contributed by atoms with Crippen molar-refractivity contribution in [3.05, 3.63) is 118 Å². The molecule has 4 rings (SSSR count). The molecule has 0 aliphatic heterocycles. The molecule has 0 unspecified atom stereocenters. The molecule has 1 aromatic heterocycles. The van der Waals surface area contributed by atoms with Gasteiger partial charge in [-0.1, -0.05) is 64.0 Å². The first-order chi connectivity index (χ1) is 14.8. The van der Waals surface area contributed by atoms with E-state index in [1.165, 1.54) is 0 Å². The lowest BCUT2D eigenvalue weighted by Crippen LogP contribution is -2.15. The first-order valence-corrected chi connectivity index (χ1v) is 12.1. The summed E-state index contributed by atoms with van der Waals surface area (Å²) in [4.78, 5) is 0.224. The molecule has 1 atom stereocenters. The summed E-state index contributed by atoms with van der Waals surface area (Å²) in [5.41, 5.74) is 3.34. The Morgan fingerprint density at radius 3 is 2.16 bits per heavy atom. The number of furan rings is 1. The van der Waals surface area contributed by atoms with Crippen LogP contribution in [0.25, 0.3) is 0 Å². The van der Waals surface area contributed by atoms with Crippen molar-refractivity contribution in [2.24, 2.45) is 0 Å². The number of nitrogens with one attached hydrogen (secondary N) is 1. The number of benzene rings is 3. The summed E-state index contributed by atoms with van der Waals surface area (Å²) in [5.74, 6) is 1.29. The van der Waals surface area contributed by atoms with Crippen molar-refractivity contribution in [1.82, 2.24) is 0 Å². The average molecular weight is 496 g/mol. The predicted molar refractivity (Wildman–Crippen MR) is 127 cm³/mol. The molecule has 31 heavy (non-hydrogen) atoms. The zero-order chi connectivity index (χ0) is 22.0. The molecule has 0 aliphatic carbocycles. The molecular formula is C25H22BrNO3S. The summed E-state index contributed by atoms with van der Waals surface area (Å²) in [5, 5.41) is 0. The van der Waals surface area contributed by atoms with Gasteiger partial charge in [0.05, 0.1) is 16.5 Å². The Balaban J connectivity index is 1.80. The lowest BCUT2D eigenvalue weighted by molar-refractivity contribution is 0.478. The van der Waals surface area contributed by atoms with E-state index in [1.54, 1.807) is 30.3 Å². The Kier molecular flexibility index (Phi) is 6.03. The van der Waals surface area contributed by atoms with E-state index in [0.717, 1.165) is 32.7 Å². The summed E-state index contributed by atoms with van der Waals surface area (Å²) in [6.45, 7) is 3.82. The van der Waals surface area contributed by atoms with E-state index < -0.39 is 10.0 Å². The van der Waals surface area contributed by atoms with Crippen LogP contribution in [-0.2, 0) is 10.0 Å². The van der Waals surface area contributed by atoms with E-state index >= 15 is 0 Å². The molecule has 0 aliphatic rings. The fourth-order valence-electron chi connectivity index (χ4n) is 3.52. The van der Waals surface area contributed by atoms with Gasteiger partial charge in [0, 0.05) is 4.47 Å². The molecule has 3 aromatic carbocycles. The minimum atomic E-state index is -3.74. The highest BCUT2D eigenvalue weighted by molar-refractivity contribution is 9.10. The quantitative estimate of drug-likeness (QED) is 0.326. The summed E-state index contributed by atoms with van der Waals surface area (Å²) >= 11 is 3.48. The van der Waals surface area contributed by atoms with Crippen LogP contribution in [0.2, 0.25) is 0 Å². The van der Waals surface area contributed by atoms with Crippen LogP contribution in [0.3, 0.4) is 0 Å². The maximum atomic E-state index is 13.1. The van der Waals surface area contributed by atoms with Crippen LogP contribution < -0.4 is 4.72 Å². The average Bonchev–Trinajstić information content (AvgIpc) is 3.17. The van der Waals surface area contributed by atoms with Gasteiger partial charge in [-0.2, -0.15) is 0 Å². The molecule has 0 spiro atoms. The lowest BCUT2D eigenvalue weighted by atomic mass is 9.88. The molecule has 158 valence electrons. The van der Waals surface area contributed by atoms with Crippen LogP contribution in [0, 0.1) is 13.8 Å². The molecule has 1 N–H and O–H groups in total. The van der Waals surface area contributed by atoms with Crippen molar-refractivity contribution in [3.63, 3.8) is 0 Å². The van der Waals surface area contributed by atoms with Crippen molar-refractivity contribution in [1.29, 1.82) is 0 Å². The molecule has 0 saturated carbocycles. The van der Waals surface area contributed by atoms with Gasteiger partial charge in [0.2, 0.25) is 0 Å². The fraction of sp³-hybridized carbons (Fsp3) is 0.120. The normalized spacial score (nSPS) is 12.5. The second-order valence-electron chi connectivity index (χ2n) is 7.44. The van der Waals surface area contributed by atoms with Gasteiger partial charge in [0.15, 0.2) is 0 Å². The van der Waals surface area contributed by atoms with E-state index in [-0.39, 0.29) is 10.8 Å². The number of anilines is 1. The molecule has 0 fully saturated rings. The first kappa shape index (κ1) is 21.4. The summed E-state index contributed by atoms with van der Waals surface area (Å²) in [6, 6.07) is 26.1. The maximum absolute atomic E-state index is 13.1. The standard InChI is InChI=1S/C25H22BrNO3S/c1-17-7-14-21(15-8-17)31(28,29)27-23-6-4-3-5-22(23)25(24-16-9-18(2)30-24)19-10-12-20(26)13-11-19/h3-16,25,27H,1-2H3/t25-/m1/s1. The van der Waals surface area contributed by atoms with Crippen molar-refractivity contribution < 1.29 is 12.8 Å². The minimum Gasteiger partial charge on any atom is -0.465 e. The Morgan fingerprint density at radius 1 is 0.839 bits per heavy atom. The predicted octanol–water partition coefficient (Wildman–Crippen LogP) is 6.64. The van der Waals surface area contributed by atoms with E-state index in [4.69, 9.17) is 4.42 Å². The van der Waals surface area contributed by atoms with Crippen LogP contribution in [0.1, 0.15) is 34.1 Å². The topological polar surface area (TPSA) is 59.3 Å². The Bertz CT molecular complexity index is 1290. The molecule has 0 saturated heterocycles. The number of aryl methyl sites for hydroxylation is 2. The highest BCUT2D eigenvalue weighted by Crippen LogP contribution is 2.38. The minimum absolute atomic E-state index is 0.224. The van der Waals surface area contributed by atoms with Crippen LogP contribution in [0.5, 0.6) is 0 Å². The van der Waals surface area contributed by atoms with Crippen molar-refractivity contribution in [2.75, 3.05) is 4.72 Å². The second-order valence-corrected chi connectivity index (χ2v) is 10.0. The number of rotatable bonds is 6. The van der Waals surface area contributed by atoms with E-state index in [1.807, 2.05) is 68.4 Å². The molecule has 6 heteroatoms. The van der Waals surface area contributed by atoms with Crippen LogP contribution in [0.4, 0.5) is 5.69 Å². The molecule has 1 heterocycles. The number of halogens is 1. The second kappa shape index (κ2) is 8.73. The molecule has 0 bridgehead atoms. The van der Waals surface area contributed by atoms with Gasteiger partial charge in [-0.25, -0.2) is 8.42 Å². The third kappa shape index (κ3) is 4.75. The highest BCUT2D eigenvalue weighted by Gasteiger charge is 2.25. The van der Waals surface area contributed by atoms with Gasteiger partial charge in [-0.3, -0.25) is 4.72 Å². The van der Waals surface area contributed by atoms with E-state index in [9.17, 15) is 8.42 Å². The smallest absolute Gasteiger partial charge is 0.261 e. The summed E-state index contributed by atoms with van der Waals surface area (Å²) in [6.07, 6.45) is 0. The van der Waals surface area contributed by atoms with Gasteiger partial charge in [0.1, 0.15) is 11.5 Å². The number of para-hydroxylation sites is 1. The maximum Gasteiger partial charge on any atom is 0.261 e. The van der Waals surface area contributed by atoms with Gasteiger partial charge in [-0.15, -0.1) is 0 Å². The van der Waals surface area contributed by atoms with Gasteiger partial charge >= 0.3 is 0 Å². The van der Waals surface area contributed by atoms with Crippen molar-refractivity contribution in [2.45, 2.75) is 24.7 Å². The van der Waals surface area contributed by atoms with Gasteiger partial charge < -0.3 is 4.42 Å². The zero-order valence-electron chi connectivity index (χ0n) is 17.2. The SMILES string of the molecule is Cc1ccc(S(=O)(=O)Nc2ccccc2[C@@H](c2ccc(Br)cc2)c2ccc(C)o2)cc1. The largest absolute Gasteiger partial charge is 0.465 e. The van der Waals surface area contributed by atoms with Crippen LogP contribution in [0.15, 0.2) is 98.7 Å². The zero-order valence-corrected chi connectivity index (χ0v) is 19.6. The molecule has 0 radical (unpaired) electrons. The number of sulfonamides is 1. The molecule has 4 aromatic rings. The number of hydrogen-bond donors (Lipinski definition) is 1. The van der Waals surface area contributed by atoms with Crippen LogP contribution >= 0.6 is 15.9 Å². The Morgan fingerprint density at radius 2 is 1.52 bits per heavy atom. The Labute approximate surface area is 191 Å². The first-order valence-electron chi connectivity index (χ1n) is 9.84. The molecule has 0 amide bonds. The lowest BCUT2D eigenvalue weighted by Gasteiger charge is -2.20. The fourth-order valence-corrected chi connectivity index (χ4v) is 4.88. The summed E-state index contributed by atoms with van der Waals surface area (Å²) < 4.78 is 35.9. The van der Waals surface area contributed by atoms with E-state index in [2.05, 4.69) is 20.7 Å². The van der Waals surface area contributed by atoms with Gasteiger partial charge in [-0.05, 0) is 67.4 Å². The van der Waals surface area contributed by atoms with Crippen LogP contribution in [-0.4, -0.2) is 8.42 Å². The van der Waals surface area contributed by atoms with Crippen molar-refractivity contribution >= 4 is 31.6 Å². The third-order valence-corrected chi connectivity index (χ3v) is 7.01. The van der Waals surface area contributed by atoms with Crippen molar-refractivity contribution in [3.8, 4) is 0 Å². The molecular weight excluding hydrogens is 474 g/mol. The summed E-state index contributed by atoms with van der Waals surface area (Å²) in [7, 11) is -3.74. The number of hydrogen-bond acceptors (Lipinski definition) is 3. The Hall–Kier alpha value is -2.83. The molecule has 4 nitrogen and oxygen atoms in total. The van der Waals surface area contributed by atoms with Gasteiger partial charge in [0.25, 0.3) is 10.0 Å². The third-order valence-electron chi connectivity index (χ3n) is 5.10. The van der Waals surface area contributed by atoms with E-state index in [0.29, 0.717) is 5.69 Å². The monoisotopic (exact) mass is 495 g/mol. The highest BCUT2D eigenvalue weighted by atomic mass is 79.9.